The standard InChI is InChI=1S/C24H32O7/c1-13-14(2)22(16-11-19(27-5)24(30-8)20(12-16)28-6)31-21(13)15-9-17(25-3)23(29-7)18(10-15)26-4/h9-14,21-22H,1-8H3/t13-,14?,21-,22+/m0/s1. The third kappa shape index (κ3) is 4.06. The summed E-state index contributed by atoms with van der Waals surface area (Å²) in [6, 6.07) is 7.80. The van der Waals surface area contributed by atoms with Crippen molar-refractivity contribution in [2.24, 2.45) is 11.8 Å². The Morgan fingerprint density at radius 2 is 0.806 bits per heavy atom. The molecule has 1 unspecified atom stereocenters. The lowest BCUT2D eigenvalue weighted by Gasteiger charge is -2.20. The van der Waals surface area contributed by atoms with Crippen LogP contribution in [0, 0.1) is 11.8 Å². The van der Waals surface area contributed by atoms with Gasteiger partial charge in [0.1, 0.15) is 0 Å². The van der Waals surface area contributed by atoms with Gasteiger partial charge < -0.3 is 33.2 Å². The molecule has 0 spiro atoms. The van der Waals surface area contributed by atoms with Gasteiger partial charge in [0.05, 0.1) is 54.9 Å². The van der Waals surface area contributed by atoms with Crippen molar-refractivity contribution in [2.75, 3.05) is 42.7 Å². The zero-order valence-electron chi connectivity index (χ0n) is 19.5. The zero-order valence-corrected chi connectivity index (χ0v) is 19.5. The van der Waals surface area contributed by atoms with E-state index in [2.05, 4.69) is 13.8 Å². The summed E-state index contributed by atoms with van der Waals surface area (Å²) >= 11 is 0. The quantitative estimate of drug-likeness (QED) is 0.592. The van der Waals surface area contributed by atoms with Crippen molar-refractivity contribution in [3.63, 3.8) is 0 Å². The fourth-order valence-electron chi connectivity index (χ4n) is 4.25. The number of rotatable bonds is 8. The van der Waals surface area contributed by atoms with E-state index >= 15 is 0 Å². The van der Waals surface area contributed by atoms with Crippen molar-refractivity contribution < 1.29 is 33.2 Å². The lowest BCUT2D eigenvalue weighted by Crippen LogP contribution is -2.10. The van der Waals surface area contributed by atoms with Gasteiger partial charge >= 0.3 is 0 Å². The van der Waals surface area contributed by atoms with Crippen LogP contribution < -0.4 is 28.4 Å². The first kappa shape index (κ1) is 22.9. The van der Waals surface area contributed by atoms with Crippen LogP contribution in [0.4, 0.5) is 0 Å². The summed E-state index contributed by atoms with van der Waals surface area (Å²) in [7, 11) is 9.64. The van der Waals surface area contributed by atoms with Crippen LogP contribution in [0.3, 0.4) is 0 Å². The Morgan fingerprint density at radius 3 is 1.03 bits per heavy atom. The minimum Gasteiger partial charge on any atom is -0.493 e. The van der Waals surface area contributed by atoms with Crippen molar-refractivity contribution in [1.29, 1.82) is 0 Å². The molecule has 31 heavy (non-hydrogen) atoms. The smallest absolute Gasteiger partial charge is 0.203 e. The van der Waals surface area contributed by atoms with Gasteiger partial charge in [0.15, 0.2) is 23.0 Å². The van der Waals surface area contributed by atoms with Gasteiger partial charge in [0.2, 0.25) is 11.5 Å². The van der Waals surface area contributed by atoms with Crippen LogP contribution in [0.5, 0.6) is 34.5 Å². The van der Waals surface area contributed by atoms with E-state index in [1.165, 1.54) is 0 Å². The Hall–Kier alpha value is -2.80. The number of benzene rings is 2. The van der Waals surface area contributed by atoms with Crippen molar-refractivity contribution in [3.05, 3.63) is 35.4 Å². The van der Waals surface area contributed by atoms with Gasteiger partial charge in [0.25, 0.3) is 0 Å². The lowest BCUT2D eigenvalue weighted by molar-refractivity contribution is 0.0285. The summed E-state index contributed by atoms with van der Waals surface area (Å²) in [4.78, 5) is 0. The average Bonchev–Trinajstić information content (AvgIpc) is 3.11. The van der Waals surface area contributed by atoms with Gasteiger partial charge in [-0.05, 0) is 47.2 Å². The maximum Gasteiger partial charge on any atom is 0.203 e. The van der Waals surface area contributed by atoms with Crippen LogP contribution in [0.1, 0.15) is 37.2 Å². The molecule has 0 bridgehead atoms. The molecule has 7 nitrogen and oxygen atoms in total. The molecule has 0 saturated carbocycles. The third-order valence-electron chi connectivity index (χ3n) is 6.11. The van der Waals surface area contributed by atoms with Crippen LogP contribution in [0.2, 0.25) is 0 Å². The lowest BCUT2D eigenvalue weighted by atomic mass is 9.85. The first-order valence-electron chi connectivity index (χ1n) is 10.2. The molecule has 0 aromatic heterocycles. The van der Waals surface area contributed by atoms with E-state index in [1.54, 1.807) is 42.7 Å². The highest BCUT2D eigenvalue weighted by atomic mass is 16.5. The molecule has 1 aliphatic heterocycles. The third-order valence-corrected chi connectivity index (χ3v) is 6.11. The van der Waals surface area contributed by atoms with Gasteiger partial charge in [0, 0.05) is 0 Å². The first-order valence-corrected chi connectivity index (χ1v) is 10.2. The fourth-order valence-corrected chi connectivity index (χ4v) is 4.25. The Bertz CT molecular complexity index is 787. The van der Waals surface area contributed by atoms with Crippen LogP contribution in [-0.2, 0) is 4.74 Å². The Labute approximate surface area is 184 Å². The van der Waals surface area contributed by atoms with Gasteiger partial charge in [-0.25, -0.2) is 0 Å². The maximum absolute atomic E-state index is 6.60. The van der Waals surface area contributed by atoms with E-state index in [4.69, 9.17) is 33.2 Å². The molecule has 3 rings (SSSR count). The molecule has 0 N–H and O–H groups in total. The zero-order chi connectivity index (χ0) is 22.7. The summed E-state index contributed by atoms with van der Waals surface area (Å²) in [5, 5.41) is 0. The van der Waals surface area contributed by atoms with Gasteiger partial charge in [-0.2, -0.15) is 0 Å². The summed E-state index contributed by atoms with van der Waals surface area (Å²) in [6.45, 7) is 4.38. The molecule has 170 valence electrons. The summed E-state index contributed by atoms with van der Waals surface area (Å²) in [5.41, 5.74) is 1.95. The second-order valence-corrected chi connectivity index (χ2v) is 7.61. The second kappa shape index (κ2) is 9.56. The van der Waals surface area contributed by atoms with E-state index < -0.39 is 0 Å². The van der Waals surface area contributed by atoms with E-state index in [0.717, 1.165) is 11.1 Å². The fraction of sp³-hybridized carbons (Fsp3) is 0.500. The van der Waals surface area contributed by atoms with Crippen molar-refractivity contribution in [2.45, 2.75) is 26.1 Å². The van der Waals surface area contributed by atoms with Crippen molar-refractivity contribution in [3.8, 4) is 34.5 Å². The number of ether oxygens (including phenoxy) is 7. The molecule has 1 fully saturated rings. The molecule has 0 aliphatic carbocycles. The highest BCUT2D eigenvalue weighted by Crippen LogP contribution is 2.53. The van der Waals surface area contributed by atoms with Crippen molar-refractivity contribution in [1.82, 2.24) is 0 Å². The van der Waals surface area contributed by atoms with E-state index in [0.29, 0.717) is 34.5 Å². The Kier molecular flexibility index (Phi) is 7.05. The minimum absolute atomic E-state index is 0.146. The monoisotopic (exact) mass is 432 g/mol. The molecule has 0 radical (unpaired) electrons. The SMILES string of the molecule is COc1cc([C@H]2O[C@@H](c3cc(OC)c(OC)c(OC)c3)C(C)[C@@H]2C)cc(OC)c1OC. The van der Waals surface area contributed by atoms with Gasteiger partial charge in [-0.1, -0.05) is 13.8 Å². The molecule has 0 amide bonds. The summed E-state index contributed by atoms with van der Waals surface area (Å²) in [6.07, 6.45) is -0.291. The van der Waals surface area contributed by atoms with Crippen molar-refractivity contribution >= 4 is 0 Å². The second-order valence-electron chi connectivity index (χ2n) is 7.61. The normalized spacial score (nSPS) is 22.7. The minimum atomic E-state index is -0.146. The summed E-state index contributed by atoms with van der Waals surface area (Å²) in [5.74, 6) is 4.04. The Balaban J connectivity index is 2.01. The highest BCUT2D eigenvalue weighted by Gasteiger charge is 2.41. The number of hydrogen-bond donors (Lipinski definition) is 0. The van der Waals surface area contributed by atoms with Crippen LogP contribution in [-0.4, -0.2) is 42.7 Å². The molecule has 1 heterocycles. The van der Waals surface area contributed by atoms with Crippen LogP contribution in [0.15, 0.2) is 24.3 Å². The Morgan fingerprint density at radius 1 is 0.516 bits per heavy atom. The van der Waals surface area contributed by atoms with Gasteiger partial charge in [-0.15, -0.1) is 0 Å². The summed E-state index contributed by atoms with van der Waals surface area (Å²) < 4.78 is 39.6. The highest BCUT2D eigenvalue weighted by molar-refractivity contribution is 5.56. The molecule has 4 atom stereocenters. The average molecular weight is 433 g/mol. The van der Waals surface area contributed by atoms with E-state index in [-0.39, 0.29) is 24.0 Å². The number of methoxy groups -OCH3 is 6. The molecule has 1 aliphatic rings. The first-order chi connectivity index (χ1) is 14.9. The number of hydrogen-bond acceptors (Lipinski definition) is 7. The molecular formula is C24H32O7. The van der Waals surface area contributed by atoms with E-state index in [1.807, 2.05) is 24.3 Å². The maximum atomic E-state index is 6.60. The predicted octanol–water partition coefficient (Wildman–Crippen LogP) is 4.82. The predicted molar refractivity (Wildman–Crippen MR) is 117 cm³/mol. The van der Waals surface area contributed by atoms with Crippen LogP contribution in [0.25, 0.3) is 0 Å². The molecule has 7 heteroatoms. The topological polar surface area (TPSA) is 64.6 Å². The molecular weight excluding hydrogens is 400 g/mol. The van der Waals surface area contributed by atoms with E-state index in [9.17, 15) is 0 Å². The van der Waals surface area contributed by atoms with Gasteiger partial charge in [-0.3, -0.25) is 0 Å². The largest absolute Gasteiger partial charge is 0.493 e. The van der Waals surface area contributed by atoms with Crippen LogP contribution >= 0.6 is 0 Å². The molecule has 1 saturated heterocycles. The molecule has 2 aromatic carbocycles. The molecule has 2 aromatic rings.